The molecule has 0 bridgehead atoms. The van der Waals surface area contributed by atoms with Gasteiger partial charge in [0.05, 0.1) is 10.2 Å². The lowest BCUT2D eigenvalue weighted by Crippen LogP contribution is -2.25. The molecule has 25 heavy (non-hydrogen) atoms. The van der Waals surface area contributed by atoms with Crippen molar-refractivity contribution in [3.05, 3.63) is 72.2 Å². The number of furan rings is 1. The molecule has 0 saturated heterocycles. The van der Waals surface area contributed by atoms with Crippen LogP contribution < -0.4 is 0 Å². The molecular formula is C19H15N3O2S. The van der Waals surface area contributed by atoms with Crippen LogP contribution in [0.2, 0.25) is 0 Å². The first-order valence-corrected chi connectivity index (χ1v) is 8.62. The number of rotatable bonds is 4. The van der Waals surface area contributed by atoms with Gasteiger partial charge >= 0.3 is 0 Å². The predicted molar refractivity (Wildman–Crippen MR) is 97.4 cm³/mol. The maximum atomic E-state index is 12.6. The summed E-state index contributed by atoms with van der Waals surface area (Å²) in [4.78, 5) is 22.7. The van der Waals surface area contributed by atoms with Gasteiger partial charge in [-0.25, -0.2) is 4.98 Å². The molecule has 3 aromatic heterocycles. The van der Waals surface area contributed by atoms with E-state index in [-0.39, 0.29) is 5.91 Å². The van der Waals surface area contributed by atoms with E-state index in [1.54, 1.807) is 47.8 Å². The van der Waals surface area contributed by atoms with Crippen LogP contribution in [0.15, 0.2) is 65.3 Å². The maximum absolute atomic E-state index is 12.6. The van der Waals surface area contributed by atoms with Crippen molar-refractivity contribution in [1.29, 1.82) is 0 Å². The Bertz CT molecular complexity index is 990. The number of nitrogens with zero attached hydrogens (tertiary/aromatic N) is 3. The summed E-state index contributed by atoms with van der Waals surface area (Å²) in [6, 6.07) is 15.2. The van der Waals surface area contributed by atoms with Gasteiger partial charge in [-0.15, -0.1) is 11.3 Å². The average molecular weight is 349 g/mol. The normalized spacial score (nSPS) is 10.9. The number of hydrogen-bond acceptors (Lipinski definition) is 5. The van der Waals surface area contributed by atoms with Crippen molar-refractivity contribution >= 4 is 27.5 Å². The van der Waals surface area contributed by atoms with Crippen LogP contribution in [0.3, 0.4) is 0 Å². The minimum atomic E-state index is -0.163. The Morgan fingerprint density at radius 3 is 2.72 bits per heavy atom. The molecule has 0 aliphatic carbocycles. The summed E-state index contributed by atoms with van der Waals surface area (Å²) in [6.07, 6.45) is 3.43. The first-order valence-electron chi connectivity index (χ1n) is 7.81. The molecule has 0 atom stereocenters. The molecule has 0 saturated carbocycles. The molecule has 0 fully saturated rings. The zero-order valence-electron chi connectivity index (χ0n) is 13.5. The number of benzene rings is 1. The number of carbonyl (C=O) groups is 1. The number of thiazole rings is 1. The van der Waals surface area contributed by atoms with Crippen molar-refractivity contribution in [2.45, 2.75) is 6.54 Å². The lowest BCUT2D eigenvalue weighted by Gasteiger charge is -2.15. The van der Waals surface area contributed by atoms with Gasteiger partial charge in [0.25, 0.3) is 5.91 Å². The molecule has 1 amide bonds. The van der Waals surface area contributed by atoms with E-state index < -0.39 is 0 Å². The number of aromatic nitrogens is 2. The highest BCUT2D eigenvalue weighted by atomic mass is 32.1. The lowest BCUT2D eigenvalue weighted by molar-refractivity contribution is 0.0754. The molecule has 0 radical (unpaired) electrons. The number of hydrogen-bond donors (Lipinski definition) is 0. The minimum absolute atomic E-state index is 0.163. The van der Waals surface area contributed by atoms with Gasteiger partial charge in [0.2, 0.25) is 0 Å². The lowest BCUT2D eigenvalue weighted by atomic mass is 10.2. The third kappa shape index (κ3) is 3.16. The molecule has 1 aromatic carbocycles. The van der Waals surface area contributed by atoms with Gasteiger partial charge in [0.1, 0.15) is 0 Å². The molecule has 5 nitrogen and oxygen atoms in total. The monoisotopic (exact) mass is 349 g/mol. The van der Waals surface area contributed by atoms with Crippen LogP contribution in [-0.4, -0.2) is 27.8 Å². The Hall–Kier alpha value is -2.99. The van der Waals surface area contributed by atoms with E-state index in [1.165, 1.54) is 0 Å². The van der Waals surface area contributed by atoms with Crippen molar-refractivity contribution in [2.24, 2.45) is 0 Å². The quantitative estimate of drug-likeness (QED) is 0.553. The molecule has 124 valence electrons. The van der Waals surface area contributed by atoms with E-state index in [9.17, 15) is 4.79 Å². The van der Waals surface area contributed by atoms with Gasteiger partial charge in [0.15, 0.2) is 16.5 Å². The molecule has 4 aromatic rings. The van der Waals surface area contributed by atoms with E-state index in [1.807, 2.05) is 36.4 Å². The van der Waals surface area contributed by atoms with Crippen LogP contribution in [-0.2, 0) is 6.54 Å². The fourth-order valence-electron chi connectivity index (χ4n) is 2.57. The fourth-order valence-corrected chi connectivity index (χ4v) is 3.49. The van der Waals surface area contributed by atoms with Gasteiger partial charge in [-0.05, 0) is 42.0 Å². The maximum Gasteiger partial charge on any atom is 0.289 e. The van der Waals surface area contributed by atoms with E-state index in [0.29, 0.717) is 18.1 Å². The van der Waals surface area contributed by atoms with Crippen molar-refractivity contribution < 1.29 is 9.21 Å². The molecule has 0 aliphatic rings. The van der Waals surface area contributed by atoms with Gasteiger partial charge < -0.3 is 9.32 Å². The van der Waals surface area contributed by atoms with Gasteiger partial charge in [0, 0.05) is 26.0 Å². The third-order valence-electron chi connectivity index (χ3n) is 3.84. The summed E-state index contributed by atoms with van der Waals surface area (Å²) in [5, 5.41) is 0.775. The first kappa shape index (κ1) is 15.5. The van der Waals surface area contributed by atoms with Crippen LogP contribution in [0.1, 0.15) is 16.1 Å². The highest BCUT2D eigenvalue weighted by Gasteiger charge is 2.18. The van der Waals surface area contributed by atoms with Crippen LogP contribution >= 0.6 is 11.3 Å². The summed E-state index contributed by atoms with van der Waals surface area (Å²) < 4.78 is 6.86. The Labute approximate surface area is 148 Å². The zero-order valence-corrected chi connectivity index (χ0v) is 14.4. The predicted octanol–water partition coefficient (Wildman–Crippen LogP) is 4.22. The van der Waals surface area contributed by atoms with Crippen LogP contribution in [0.5, 0.6) is 0 Å². The van der Waals surface area contributed by atoms with Crippen LogP contribution in [0.4, 0.5) is 0 Å². The second-order valence-electron chi connectivity index (χ2n) is 5.67. The average Bonchev–Trinajstić information content (AvgIpc) is 3.28. The van der Waals surface area contributed by atoms with E-state index in [0.717, 1.165) is 20.8 Å². The Balaban J connectivity index is 1.54. The highest BCUT2D eigenvalue weighted by Crippen LogP contribution is 2.31. The number of carbonyl (C=O) groups excluding carboxylic acids is 1. The van der Waals surface area contributed by atoms with Crippen molar-refractivity contribution in [3.63, 3.8) is 0 Å². The molecule has 0 spiro atoms. The summed E-state index contributed by atoms with van der Waals surface area (Å²) in [7, 11) is 1.75. The largest absolute Gasteiger partial charge is 0.448 e. The molecule has 0 unspecified atom stereocenters. The van der Waals surface area contributed by atoms with Crippen molar-refractivity contribution in [3.8, 4) is 10.8 Å². The van der Waals surface area contributed by atoms with Crippen LogP contribution in [0.25, 0.3) is 21.0 Å². The van der Waals surface area contributed by atoms with Crippen molar-refractivity contribution in [1.82, 2.24) is 14.9 Å². The minimum Gasteiger partial charge on any atom is -0.448 e. The highest BCUT2D eigenvalue weighted by molar-refractivity contribution is 7.21. The SMILES string of the molecule is CN(Cc1ccncc1)C(=O)c1ccc(-c2nc3ccccc3s2)o1. The molecular weight excluding hydrogens is 334 g/mol. The number of fused-ring (bicyclic) bond motifs is 1. The summed E-state index contributed by atoms with van der Waals surface area (Å²) >= 11 is 1.55. The Morgan fingerprint density at radius 1 is 1.12 bits per heavy atom. The van der Waals surface area contributed by atoms with E-state index in [4.69, 9.17) is 4.42 Å². The van der Waals surface area contributed by atoms with E-state index >= 15 is 0 Å². The first-order chi connectivity index (χ1) is 12.2. The molecule has 0 N–H and O–H groups in total. The number of amides is 1. The molecule has 6 heteroatoms. The molecule has 0 aliphatic heterocycles. The van der Waals surface area contributed by atoms with Crippen molar-refractivity contribution in [2.75, 3.05) is 7.05 Å². The Morgan fingerprint density at radius 2 is 1.92 bits per heavy atom. The standard InChI is InChI=1S/C19H15N3O2S/c1-22(12-13-8-10-20-11-9-13)19(23)16-7-6-15(24-16)18-21-14-4-2-3-5-17(14)25-18/h2-11H,12H2,1H3. The third-order valence-corrected chi connectivity index (χ3v) is 4.89. The van der Waals surface area contributed by atoms with Gasteiger partial charge in [-0.1, -0.05) is 12.1 Å². The Kier molecular flexibility index (Phi) is 4.03. The fraction of sp³-hybridized carbons (Fsp3) is 0.105. The second kappa shape index (κ2) is 6.49. The van der Waals surface area contributed by atoms with E-state index in [2.05, 4.69) is 9.97 Å². The number of pyridine rings is 1. The van der Waals surface area contributed by atoms with Crippen LogP contribution in [0, 0.1) is 0 Å². The van der Waals surface area contributed by atoms with Gasteiger partial charge in [-0.3, -0.25) is 9.78 Å². The smallest absolute Gasteiger partial charge is 0.289 e. The topological polar surface area (TPSA) is 59.2 Å². The zero-order chi connectivity index (χ0) is 17.2. The molecule has 3 heterocycles. The second-order valence-corrected chi connectivity index (χ2v) is 6.70. The molecule has 4 rings (SSSR count). The summed E-state index contributed by atoms with van der Waals surface area (Å²) in [5.41, 5.74) is 1.95. The summed E-state index contributed by atoms with van der Waals surface area (Å²) in [5.74, 6) is 0.761. The number of para-hydroxylation sites is 1. The summed E-state index contributed by atoms with van der Waals surface area (Å²) in [6.45, 7) is 0.499. The van der Waals surface area contributed by atoms with Gasteiger partial charge in [-0.2, -0.15) is 0 Å².